The molecule has 5 nitrogen and oxygen atoms in total. The lowest BCUT2D eigenvalue weighted by Crippen LogP contribution is -2.34. The van der Waals surface area contributed by atoms with Gasteiger partial charge in [-0.25, -0.2) is 8.78 Å². The predicted molar refractivity (Wildman–Crippen MR) is 97.9 cm³/mol. The molecule has 0 saturated heterocycles. The Balaban J connectivity index is 2.21. The quantitative estimate of drug-likeness (QED) is 0.761. The van der Waals surface area contributed by atoms with Gasteiger partial charge in [-0.15, -0.1) is 0 Å². The van der Waals surface area contributed by atoms with E-state index in [9.17, 15) is 18.7 Å². The molecule has 1 atom stereocenters. The second kappa shape index (κ2) is 8.14. The zero-order valence-corrected chi connectivity index (χ0v) is 15.6. The molecule has 0 spiro atoms. The lowest BCUT2D eigenvalue weighted by Gasteiger charge is -2.25. The molecule has 8 heteroatoms. The van der Waals surface area contributed by atoms with Gasteiger partial charge in [-0.05, 0) is 37.8 Å². The zero-order chi connectivity index (χ0) is 19.5. The minimum absolute atomic E-state index is 0.176. The summed E-state index contributed by atoms with van der Waals surface area (Å²) in [5.41, 5.74) is -1.69. The summed E-state index contributed by atoms with van der Waals surface area (Å²) in [6.07, 6.45) is 2.71. The summed E-state index contributed by atoms with van der Waals surface area (Å²) in [6, 6.07) is 2.80. The first-order chi connectivity index (χ1) is 12.1. The number of aliphatic hydroxyl groups is 1. The van der Waals surface area contributed by atoms with Crippen molar-refractivity contribution in [1.29, 1.82) is 0 Å². The number of nitrogens with zero attached hydrogens (tertiary/aromatic N) is 2. The molecule has 0 bridgehead atoms. The van der Waals surface area contributed by atoms with Gasteiger partial charge in [0.2, 0.25) is 0 Å². The topological polar surface area (TPSA) is 67.2 Å². The molecule has 142 valence electrons. The van der Waals surface area contributed by atoms with E-state index in [-0.39, 0.29) is 22.9 Å². The molecule has 0 saturated carbocycles. The van der Waals surface area contributed by atoms with Crippen LogP contribution in [0.1, 0.15) is 33.6 Å². The fraction of sp³-hybridized carbons (Fsp3) is 0.444. The van der Waals surface area contributed by atoms with Crippen molar-refractivity contribution in [3.63, 3.8) is 0 Å². The number of anilines is 1. The van der Waals surface area contributed by atoms with Crippen LogP contribution in [0.25, 0.3) is 5.69 Å². The molecule has 1 aromatic carbocycles. The normalized spacial score (nSPS) is 13.7. The van der Waals surface area contributed by atoms with Crippen LogP contribution >= 0.6 is 11.6 Å². The van der Waals surface area contributed by atoms with E-state index in [0.29, 0.717) is 18.4 Å². The number of halogens is 3. The minimum Gasteiger partial charge on any atom is -0.388 e. The Hall–Kier alpha value is -1.99. The zero-order valence-electron chi connectivity index (χ0n) is 14.9. The maximum Gasteiger partial charge on any atom is 0.292 e. The van der Waals surface area contributed by atoms with Gasteiger partial charge < -0.3 is 10.4 Å². The van der Waals surface area contributed by atoms with Crippen LogP contribution in [0.2, 0.25) is 5.02 Å². The first kappa shape index (κ1) is 20.3. The fourth-order valence-corrected chi connectivity index (χ4v) is 2.55. The molecule has 2 aromatic rings. The molecule has 0 radical (unpaired) electrons. The maximum atomic E-state index is 13.9. The van der Waals surface area contributed by atoms with E-state index in [1.807, 2.05) is 0 Å². The van der Waals surface area contributed by atoms with Gasteiger partial charge in [0, 0.05) is 12.6 Å². The van der Waals surface area contributed by atoms with Gasteiger partial charge in [0.1, 0.15) is 16.5 Å². The maximum absolute atomic E-state index is 13.9. The Morgan fingerprint density at radius 1 is 1.38 bits per heavy atom. The van der Waals surface area contributed by atoms with Crippen molar-refractivity contribution in [1.82, 2.24) is 9.78 Å². The Morgan fingerprint density at radius 2 is 2.08 bits per heavy atom. The van der Waals surface area contributed by atoms with Crippen molar-refractivity contribution in [2.45, 2.75) is 39.2 Å². The van der Waals surface area contributed by atoms with E-state index < -0.39 is 22.8 Å². The van der Waals surface area contributed by atoms with Crippen molar-refractivity contribution in [2.75, 3.05) is 11.9 Å². The Bertz CT molecular complexity index is 838. The van der Waals surface area contributed by atoms with Crippen molar-refractivity contribution in [3.05, 3.63) is 51.4 Å². The molecule has 2 rings (SSSR count). The average molecular weight is 386 g/mol. The monoisotopic (exact) mass is 385 g/mol. The van der Waals surface area contributed by atoms with Crippen molar-refractivity contribution in [3.8, 4) is 5.69 Å². The highest BCUT2D eigenvalue weighted by Gasteiger charge is 2.22. The van der Waals surface area contributed by atoms with Crippen LogP contribution in [-0.4, -0.2) is 27.0 Å². The van der Waals surface area contributed by atoms with Gasteiger partial charge in [0.05, 0.1) is 17.5 Å². The van der Waals surface area contributed by atoms with Crippen LogP contribution in [0.5, 0.6) is 0 Å². The highest BCUT2D eigenvalue weighted by Crippen LogP contribution is 2.21. The number of rotatable bonds is 7. The van der Waals surface area contributed by atoms with Gasteiger partial charge in [-0.3, -0.25) is 4.79 Å². The number of nitrogens with one attached hydrogen (secondary N) is 1. The average Bonchev–Trinajstić information content (AvgIpc) is 2.55. The van der Waals surface area contributed by atoms with Crippen LogP contribution in [0.3, 0.4) is 0 Å². The Morgan fingerprint density at radius 3 is 2.69 bits per heavy atom. The molecule has 0 fully saturated rings. The predicted octanol–water partition coefficient (Wildman–Crippen LogP) is 3.76. The van der Waals surface area contributed by atoms with E-state index in [2.05, 4.69) is 24.3 Å². The van der Waals surface area contributed by atoms with Crippen LogP contribution < -0.4 is 10.9 Å². The van der Waals surface area contributed by atoms with Gasteiger partial charge in [0.15, 0.2) is 5.82 Å². The minimum atomic E-state index is -0.981. The lowest BCUT2D eigenvalue weighted by atomic mass is 9.95. The van der Waals surface area contributed by atoms with Crippen molar-refractivity contribution in [2.24, 2.45) is 5.92 Å². The van der Waals surface area contributed by atoms with Crippen molar-refractivity contribution < 1.29 is 13.9 Å². The Labute approximate surface area is 155 Å². The highest BCUT2D eigenvalue weighted by molar-refractivity contribution is 6.32. The Kier molecular flexibility index (Phi) is 6.36. The van der Waals surface area contributed by atoms with Crippen LogP contribution in [-0.2, 0) is 0 Å². The number of benzene rings is 1. The summed E-state index contributed by atoms with van der Waals surface area (Å²) in [4.78, 5) is 12.4. The van der Waals surface area contributed by atoms with Crippen LogP contribution in [0.15, 0.2) is 29.2 Å². The lowest BCUT2D eigenvalue weighted by molar-refractivity contribution is 0.0586. The van der Waals surface area contributed by atoms with Crippen LogP contribution in [0.4, 0.5) is 14.5 Å². The van der Waals surface area contributed by atoms with E-state index in [1.165, 1.54) is 6.20 Å². The molecule has 1 aromatic heterocycles. The van der Waals surface area contributed by atoms with Gasteiger partial charge >= 0.3 is 0 Å². The number of aromatic nitrogens is 2. The molecular weight excluding hydrogens is 364 g/mol. The largest absolute Gasteiger partial charge is 0.388 e. The molecule has 1 unspecified atom stereocenters. The third-order valence-corrected chi connectivity index (χ3v) is 4.34. The van der Waals surface area contributed by atoms with E-state index in [4.69, 9.17) is 11.6 Å². The molecule has 1 heterocycles. The summed E-state index contributed by atoms with van der Waals surface area (Å²) in [6.45, 7) is 6.01. The summed E-state index contributed by atoms with van der Waals surface area (Å²) >= 11 is 6.07. The van der Waals surface area contributed by atoms with E-state index in [0.717, 1.165) is 23.2 Å². The highest BCUT2D eigenvalue weighted by atomic mass is 35.5. The molecule has 0 aliphatic heterocycles. The SMILES string of the molecule is CC(C)CCC(C)(O)CNc1cnn(-c2ccc(F)cc2F)c(=O)c1Cl. The summed E-state index contributed by atoms with van der Waals surface area (Å²) in [5, 5.41) is 17.0. The first-order valence-electron chi connectivity index (χ1n) is 8.30. The van der Waals surface area contributed by atoms with Gasteiger partial charge in [-0.1, -0.05) is 25.4 Å². The molecule has 0 aliphatic rings. The smallest absolute Gasteiger partial charge is 0.292 e. The van der Waals surface area contributed by atoms with Crippen molar-refractivity contribution >= 4 is 17.3 Å². The third-order valence-electron chi connectivity index (χ3n) is 3.98. The first-order valence-corrected chi connectivity index (χ1v) is 8.68. The molecule has 0 aliphatic carbocycles. The van der Waals surface area contributed by atoms with Crippen LogP contribution in [0, 0.1) is 17.6 Å². The standard InChI is InChI=1S/C18H22ClF2N3O2/c1-11(2)6-7-18(3,26)10-22-14-9-23-24(17(25)16(14)19)15-5-4-12(20)8-13(15)21/h4-5,8-9,11,22,26H,6-7,10H2,1-3H3. The fourth-order valence-electron chi connectivity index (χ4n) is 2.35. The van der Waals surface area contributed by atoms with Gasteiger partial charge in [-0.2, -0.15) is 9.78 Å². The summed E-state index contributed by atoms with van der Waals surface area (Å²) in [7, 11) is 0. The second-order valence-corrected chi connectivity index (χ2v) is 7.35. The van der Waals surface area contributed by atoms with E-state index in [1.54, 1.807) is 6.92 Å². The molecule has 0 amide bonds. The number of hydrogen-bond acceptors (Lipinski definition) is 4. The second-order valence-electron chi connectivity index (χ2n) is 6.97. The molecular formula is C18H22ClF2N3O2. The third kappa shape index (κ3) is 5.02. The van der Waals surface area contributed by atoms with Gasteiger partial charge in [0.25, 0.3) is 5.56 Å². The summed E-state index contributed by atoms with van der Waals surface area (Å²) < 4.78 is 27.7. The number of hydrogen-bond donors (Lipinski definition) is 2. The van der Waals surface area contributed by atoms with E-state index >= 15 is 0 Å². The summed E-state index contributed by atoms with van der Waals surface area (Å²) in [5.74, 6) is -1.22. The molecule has 2 N–H and O–H groups in total. The molecule has 26 heavy (non-hydrogen) atoms.